The molecule has 5 rings (SSSR count). The molecule has 2 aromatic heterocycles. The molecule has 1 aliphatic heterocycles. The van der Waals surface area contributed by atoms with Crippen molar-refractivity contribution in [2.75, 3.05) is 33.7 Å². The largest absolute Gasteiger partial charge is 0.465 e. The Balaban J connectivity index is 1.58. The molecule has 174 valence electrons. The number of hydrogen-bond donors (Lipinski definition) is 1. The molecular formula is C27H29N5O2. The van der Waals surface area contributed by atoms with Crippen molar-refractivity contribution in [1.82, 2.24) is 24.6 Å². The quantitative estimate of drug-likeness (QED) is 0.444. The van der Waals surface area contributed by atoms with Gasteiger partial charge >= 0.3 is 6.09 Å². The van der Waals surface area contributed by atoms with E-state index in [9.17, 15) is 9.90 Å². The monoisotopic (exact) mass is 455 g/mol. The fraction of sp³-hybridized carbons (Fsp3) is 0.296. The van der Waals surface area contributed by atoms with Crippen LogP contribution in [0.4, 0.5) is 4.79 Å². The van der Waals surface area contributed by atoms with Gasteiger partial charge in [-0.3, -0.25) is 9.67 Å². The summed E-state index contributed by atoms with van der Waals surface area (Å²) in [5, 5.41) is 16.6. The van der Waals surface area contributed by atoms with Crippen molar-refractivity contribution in [2.45, 2.75) is 19.4 Å². The first-order valence-electron chi connectivity index (χ1n) is 11.7. The van der Waals surface area contributed by atoms with Crippen molar-refractivity contribution in [3.8, 4) is 11.1 Å². The lowest BCUT2D eigenvalue weighted by atomic mass is 9.97. The molecule has 34 heavy (non-hydrogen) atoms. The van der Waals surface area contributed by atoms with Crippen LogP contribution >= 0.6 is 0 Å². The van der Waals surface area contributed by atoms with E-state index in [0.717, 1.165) is 58.1 Å². The summed E-state index contributed by atoms with van der Waals surface area (Å²) in [5.41, 5.74) is 6.48. The minimum Gasteiger partial charge on any atom is -0.465 e. The first-order chi connectivity index (χ1) is 16.5. The number of hydrogen-bond acceptors (Lipinski definition) is 4. The second-order valence-electron chi connectivity index (χ2n) is 9.04. The van der Waals surface area contributed by atoms with Gasteiger partial charge in [-0.1, -0.05) is 30.3 Å². The summed E-state index contributed by atoms with van der Waals surface area (Å²) >= 11 is 0. The third-order valence-electron chi connectivity index (χ3n) is 6.46. The normalized spacial score (nSPS) is 14.2. The molecule has 0 saturated carbocycles. The van der Waals surface area contributed by atoms with E-state index in [0.29, 0.717) is 19.5 Å². The van der Waals surface area contributed by atoms with Crippen LogP contribution in [0.25, 0.3) is 38.5 Å². The second kappa shape index (κ2) is 9.27. The lowest BCUT2D eigenvalue weighted by Crippen LogP contribution is -2.33. The molecule has 0 saturated heterocycles. The number of aromatic nitrogens is 3. The van der Waals surface area contributed by atoms with E-state index in [1.807, 2.05) is 30.5 Å². The molecule has 1 amide bonds. The van der Waals surface area contributed by atoms with Crippen molar-refractivity contribution in [3.63, 3.8) is 0 Å². The van der Waals surface area contributed by atoms with Crippen LogP contribution in [0.2, 0.25) is 0 Å². The van der Waals surface area contributed by atoms with E-state index < -0.39 is 6.09 Å². The van der Waals surface area contributed by atoms with Crippen molar-refractivity contribution >= 4 is 33.5 Å². The summed E-state index contributed by atoms with van der Waals surface area (Å²) in [6, 6.07) is 16.7. The van der Waals surface area contributed by atoms with E-state index in [4.69, 9.17) is 5.10 Å². The fourth-order valence-electron chi connectivity index (χ4n) is 4.74. The lowest BCUT2D eigenvalue weighted by molar-refractivity contribution is 0.150. The van der Waals surface area contributed by atoms with Gasteiger partial charge in [0.25, 0.3) is 0 Å². The van der Waals surface area contributed by atoms with Gasteiger partial charge in [0.05, 0.1) is 16.7 Å². The predicted molar refractivity (Wildman–Crippen MR) is 136 cm³/mol. The molecule has 0 fully saturated rings. The van der Waals surface area contributed by atoms with Crippen molar-refractivity contribution < 1.29 is 9.90 Å². The number of para-hydroxylation sites is 1. The van der Waals surface area contributed by atoms with Crippen LogP contribution in [0, 0.1) is 0 Å². The van der Waals surface area contributed by atoms with E-state index in [1.54, 1.807) is 0 Å². The number of carboxylic acid groups (broad SMARTS) is 1. The third-order valence-corrected chi connectivity index (χ3v) is 6.46. The number of pyridine rings is 1. The molecule has 7 heteroatoms. The molecule has 0 unspecified atom stereocenters. The van der Waals surface area contributed by atoms with Crippen LogP contribution in [-0.2, 0) is 6.54 Å². The number of fused-ring (bicyclic) bond motifs is 2. The molecule has 3 heterocycles. The Morgan fingerprint density at radius 3 is 2.71 bits per heavy atom. The van der Waals surface area contributed by atoms with Crippen LogP contribution in [0.1, 0.15) is 18.5 Å². The van der Waals surface area contributed by atoms with Crippen LogP contribution in [-0.4, -0.2) is 69.5 Å². The van der Waals surface area contributed by atoms with E-state index in [2.05, 4.69) is 59.0 Å². The molecular weight excluding hydrogens is 426 g/mol. The summed E-state index contributed by atoms with van der Waals surface area (Å²) in [6.07, 6.45) is 4.71. The molecule has 2 aromatic carbocycles. The molecule has 0 radical (unpaired) electrons. The third kappa shape index (κ3) is 4.26. The highest BCUT2D eigenvalue weighted by Crippen LogP contribution is 2.34. The average Bonchev–Trinajstić information content (AvgIpc) is 3.20. The first-order valence-corrected chi connectivity index (χ1v) is 11.7. The van der Waals surface area contributed by atoms with Crippen LogP contribution < -0.4 is 0 Å². The second-order valence-corrected chi connectivity index (χ2v) is 9.04. The summed E-state index contributed by atoms with van der Waals surface area (Å²) in [4.78, 5) is 19.5. The van der Waals surface area contributed by atoms with Gasteiger partial charge in [0.15, 0.2) is 0 Å². The van der Waals surface area contributed by atoms with Gasteiger partial charge in [-0.15, -0.1) is 0 Å². The van der Waals surface area contributed by atoms with Crippen LogP contribution in [0.3, 0.4) is 0 Å². The van der Waals surface area contributed by atoms with Gasteiger partial charge < -0.3 is 14.9 Å². The van der Waals surface area contributed by atoms with E-state index >= 15 is 0 Å². The van der Waals surface area contributed by atoms with E-state index in [-0.39, 0.29) is 0 Å². The first kappa shape index (κ1) is 22.1. The number of nitrogens with zero attached hydrogens (tertiary/aromatic N) is 5. The lowest BCUT2D eigenvalue weighted by Gasteiger charge is -2.24. The predicted octanol–water partition coefficient (Wildman–Crippen LogP) is 4.97. The summed E-state index contributed by atoms with van der Waals surface area (Å²) in [6.45, 7) is 2.72. The Labute approximate surface area is 198 Å². The molecule has 4 aromatic rings. The SMILES string of the molecule is CN(C)CCCn1nc2cc(-c3ccnc4ccccc34)ccc2c1C1=CCN(C(=O)O)CC1. The molecule has 7 nitrogen and oxygen atoms in total. The smallest absolute Gasteiger partial charge is 0.407 e. The van der Waals surface area contributed by atoms with Gasteiger partial charge in [0, 0.05) is 36.6 Å². The summed E-state index contributed by atoms with van der Waals surface area (Å²) in [5.74, 6) is 0. The highest BCUT2D eigenvalue weighted by atomic mass is 16.4. The van der Waals surface area contributed by atoms with Crippen LogP contribution in [0.5, 0.6) is 0 Å². The zero-order chi connectivity index (χ0) is 23.7. The maximum Gasteiger partial charge on any atom is 0.407 e. The van der Waals surface area contributed by atoms with Crippen molar-refractivity contribution in [2.24, 2.45) is 0 Å². The zero-order valence-electron chi connectivity index (χ0n) is 19.6. The minimum atomic E-state index is -0.867. The van der Waals surface area contributed by atoms with Gasteiger partial charge in [-0.2, -0.15) is 5.10 Å². The molecule has 0 atom stereocenters. The van der Waals surface area contributed by atoms with Crippen molar-refractivity contribution in [1.29, 1.82) is 0 Å². The highest BCUT2D eigenvalue weighted by molar-refractivity contribution is 5.98. The Hall–Kier alpha value is -3.71. The summed E-state index contributed by atoms with van der Waals surface area (Å²) in [7, 11) is 4.16. The number of rotatable bonds is 6. The minimum absolute atomic E-state index is 0.413. The topological polar surface area (TPSA) is 74.5 Å². The maximum atomic E-state index is 11.4. The number of amides is 1. The fourth-order valence-corrected chi connectivity index (χ4v) is 4.74. The average molecular weight is 456 g/mol. The van der Waals surface area contributed by atoms with Gasteiger partial charge in [-0.25, -0.2) is 4.79 Å². The number of benzene rings is 2. The maximum absolute atomic E-state index is 11.4. The molecule has 1 aliphatic rings. The van der Waals surface area contributed by atoms with Gasteiger partial charge in [0.2, 0.25) is 0 Å². The van der Waals surface area contributed by atoms with Gasteiger partial charge in [0.1, 0.15) is 0 Å². The van der Waals surface area contributed by atoms with Gasteiger partial charge in [-0.05, 0) is 74.4 Å². The number of aryl methyl sites for hydroxylation is 1. The summed E-state index contributed by atoms with van der Waals surface area (Å²) < 4.78 is 2.12. The Kier molecular flexibility index (Phi) is 6.02. The van der Waals surface area contributed by atoms with E-state index in [1.165, 1.54) is 10.5 Å². The molecule has 0 aliphatic carbocycles. The Morgan fingerprint density at radius 2 is 1.94 bits per heavy atom. The zero-order valence-corrected chi connectivity index (χ0v) is 19.6. The Morgan fingerprint density at radius 1 is 1.09 bits per heavy atom. The van der Waals surface area contributed by atoms with Crippen LogP contribution in [0.15, 0.2) is 60.8 Å². The standard InChI is InChI=1S/C27H29N5O2/c1-30(2)14-5-15-32-26(19-11-16-31(17-12-19)27(33)34)23-9-8-20(18-25(23)29-32)21-10-13-28-24-7-4-3-6-22(21)24/h3-4,6-11,13,18H,5,12,14-17H2,1-2H3,(H,33,34). The highest BCUT2D eigenvalue weighted by Gasteiger charge is 2.22. The molecule has 1 N–H and O–H groups in total. The molecule has 0 spiro atoms. The van der Waals surface area contributed by atoms with Crippen molar-refractivity contribution in [3.05, 3.63) is 66.5 Å². The Bertz CT molecular complexity index is 1380. The molecule has 0 bridgehead atoms. The number of carbonyl (C=O) groups is 1.